The Kier molecular flexibility index (Phi) is 7.36. The van der Waals surface area contributed by atoms with E-state index in [9.17, 15) is 9.90 Å². The molecule has 5 nitrogen and oxygen atoms in total. The molecule has 1 amide bonds. The summed E-state index contributed by atoms with van der Waals surface area (Å²) in [6.07, 6.45) is 6.62. The molecule has 5 heteroatoms. The Morgan fingerprint density at radius 3 is 2.57 bits per heavy atom. The molecular formula is C18H28N2O3. The van der Waals surface area contributed by atoms with Gasteiger partial charge in [-0.05, 0) is 43.6 Å². The van der Waals surface area contributed by atoms with Gasteiger partial charge < -0.3 is 9.84 Å². The van der Waals surface area contributed by atoms with E-state index in [1.165, 1.54) is 0 Å². The summed E-state index contributed by atoms with van der Waals surface area (Å²) in [5.74, 6) is 6.46. The molecule has 1 aromatic rings. The van der Waals surface area contributed by atoms with Crippen LogP contribution in [0.1, 0.15) is 50.5 Å². The van der Waals surface area contributed by atoms with Crippen molar-refractivity contribution in [2.24, 2.45) is 11.8 Å². The predicted octanol–water partition coefficient (Wildman–Crippen LogP) is 3.22. The number of hydrogen-bond acceptors (Lipinski definition) is 4. The molecule has 128 valence electrons. The van der Waals surface area contributed by atoms with E-state index in [1.54, 1.807) is 0 Å². The molecule has 0 unspecified atom stereocenters. The van der Waals surface area contributed by atoms with Crippen LogP contribution in [0.25, 0.3) is 0 Å². The molecule has 0 radical (unpaired) electrons. The van der Waals surface area contributed by atoms with Gasteiger partial charge in [-0.2, -0.15) is 0 Å². The van der Waals surface area contributed by atoms with Gasteiger partial charge in [0, 0.05) is 6.54 Å². The van der Waals surface area contributed by atoms with E-state index in [4.69, 9.17) is 10.6 Å². The van der Waals surface area contributed by atoms with Crippen molar-refractivity contribution >= 4 is 6.09 Å². The molecule has 0 aromatic heterocycles. The molecule has 0 atom stereocenters. The molecule has 3 N–H and O–H groups in total. The molecule has 0 saturated heterocycles. The SMILES string of the molecule is NN(CCCCC1CCC(O)CC1)C(=O)OCc1ccccc1. The first kappa shape index (κ1) is 17.8. The lowest BCUT2D eigenvalue weighted by Gasteiger charge is -2.25. The first-order valence-corrected chi connectivity index (χ1v) is 8.56. The third-order valence-electron chi connectivity index (χ3n) is 4.52. The van der Waals surface area contributed by atoms with E-state index < -0.39 is 6.09 Å². The molecule has 1 fully saturated rings. The van der Waals surface area contributed by atoms with Crippen molar-refractivity contribution < 1.29 is 14.6 Å². The minimum absolute atomic E-state index is 0.0924. The number of hydrogen-bond donors (Lipinski definition) is 2. The molecule has 0 spiro atoms. The van der Waals surface area contributed by atoms with Crippen LogP contribution in [0, 0.1) is 5.92 Å². The van der Waals surface area contributed by atoms with Crippen molar-refractivity contribution in [3.05, 3.63) is 35.9 Å². The topological polar surface area (TPSA) is 75.8 Å². The number of nitrogens with zero attached hydrogens (tertiary/aromatic N) is 1. The van der Waals surface area contributed by atoms with Gasteiger partial charge in [0.05, 0.1) is 6.10 Å². The fourth-order valence-corrected chi connectivity index (χ4v) is 3.04. The van der Waals surface area contributed by atoms with E-state index in [0.717, 1.165) is 61.4 Å². The summed E-state index contributed by atoms with van der Waals surface area (Å²) in [6, 6.07) is 9.57. The number of carbonyl (C=O) groups excluding carboxylic acids is 1. The largest absolute Gasteiger partial charge is 0.444 e. The predicted molar refractivity (Wildman–Crippen MR) is 89.3 cm³/mol. The lowest BCUT2D eigenvalue weighted by atomic mass is 9.84. The van der Waals surface area contributed by atoms with Crippen LogP contribution >= 0.6 is 0 Å². The van der Waals surface area contributed by atoms with E-state index >= 15 is 0 Å². The molecule has 0 aliphatic heterocycles. The van der Waals surface area contributed by atoms with Crippen LogP contribution in [0.4, 0.5) is 4.79 Å². The Hall–Kier alpha value is -1.59. The van der Waals surface area contributed by atoms with Crippen LogP contribution in [-0.2, 0) is 11.3 Å². The first-order chi connectivity index (χ1) is 11.1. The molecule has 1 saturated carbocycles. The Bertz CT molecular complexity index is 459. The minimum atomic E-state index is -0.477. The van der Waals surface area contributed by atoms with Crippen molar-refractivity contribution in [3.63, 3.8) is 0 Å². The van der Waals surface area contributed by atoms with E-state index in [2.05, 4.69) is 0 Å². The van der Waals surface area contributed by atoms with Gasteiger partial charge in [0.25, 0.3) is 0 Å². The fraction of sp³-hybridized carbons (Fsp3) is 0.611. The standard InChI is InChI=1S/C18H28N2O3/c19-20(18(22)23-14-16-7-2-1-3-8-16)13-5-4-6-15-9-11-17(21)12-10-15/h1-3,7-8,15,17,21H,4-6,9-14,19H2. The van der Waals surface area contributed by atoms with Crippen LogP contribution in [0.3, 0.4) is 0 Å². The molecule has 1 aliphatic rings. The summed E-state index contributed by atoms with van der Waals surface area (Å²) in [7, 11) is 0. The monoisotopic (exact) mass is 320 g/mol. The average Bonchev–Trinajstić information content (AvgIpc) is 2.59. The highest BCUT2D eigenvalue weighted by Crippen LogP contribution is 2.28. The van der Waals surface area contributed by atoms with Gasteiger partial charge in [-0.15, -0.1) is 0 Å². The summed E-state index contributed by atoms with van der Waals surface area (Å²) in [6.45, 7) is 0.765. The highest BCUT2D eigenvalue weighted by Gasteiger charge is 2.19. The van der Waals surface area contributed by atoms with Gasteiger partial charge in [0.2, 0.25) is 0 Å². The number of nitrogens with two attached hydrogens (primary N) is 1. The summed E-state index contributed by atoms with van der Waals surface area (Å²) < 4.78 is 5.18. The molecule has 2 rings (SSSR count). The van der Waals surface area contributed by atoms with Crippen LogP contribution in [-0.4, -0.2) is 28.9 Å². The number of carbonyl (C=O) groups is 1. The minimum Gasteiger partial charge on any atom is -0.444 e. The van der Waals surface area contributed by atoms with Crippen LogP contribution in [0.5, 0.6) is 0 Å². The number of aliphatic hydroxyl groups is 1. The van der Waals surface area contributed by atoms with Gasteiger partial charge in [-0.1, -0.05) is 43.2 Å². The van der Waals surface area contributed by atoms with Gasteiger partial charge in [0.1, 0.15) is 6.61 Å². The Balaban J connectivity index is 1.55. The summed E-state index contributed by atoms with van der Waals surface area (Å²) in [5, 5.41) is 10.7. The zero-order chi connectivity index (χ0) is 16.5. The lowest BCUT2D eigenvalue weighted by molar-refractivity contribution is 0.0938. The average molecular weight is 320 g/mol. The second-order valence-electron chi connectivity index (χ2n) is 6.40. The van der Waals surface area contributed by atoms with Crippen molar-refractivity contribution in [3.8, 4) is 0 Å². The zero-order valence-electron chi connectivity index (χ0n) is 13.7. The second kappa shape index (κ2) is 9.53. The smallest absolute Gasteiger partial charge is 0.424 e. The number of ether oxygens (including phenoxy) is 1. The molecule has 0 heterocycles. The van der Waals surface area contributed by atoms with E-state index in [-0.39, 0.29) is 12.7 Å². The highest BCUT2D eigenvalue weighted by atomic mass is 16.6. The van der Waals surface area contributed by atoms with Crippen LogP contribution < -0.4 is 5.84 Å². The van der Waals surface area contributed by atoms with Crippen molar-refractivity contribution in [2.45, 2.75) is 57.7 Å². The van der Waals surface area contributed by atoms with Gasteiger partial charge in [-0.25, -0.2) is 15.6 Å². The summed E-state index contributed by atoms with van der Waals surface area (Å²) in [4.78, 5) is 11.8. The fourth-order valence-electron chi connectivity index (χ4n) is 3.04. The lowest BCUT2D eigenvalue weighted by Crippen LogP contribution is -2.38. The number of rotatable bonds is 7. The number of aliphatic hydroxyl groups excluding tert-OH is 1. The maximum atomic E-state index is 11.8. The first-order valence-electron chi connectivity index (χ1n) is 8.56. The summed E-state index contributed by atoms with van der Waals surface area (Å²) in [5.41, 5.74) is 0.953. The summed E-state index contributed by atoms with van der Waals surface area (Å²) >= 11 is 0. The van der Waals surface area contributed by atoms with Gasteiger partial charge in [-0.3, -0.25) is 0 Å². The van der Waals surface area contributed by atoms with Crippen molar-refractivity contribution in [1.29, 1.82) is 0 Å². The Morgan fingerprint density at radius 1 is 1.17 bits per heavy atom. The highest BCUT2D eigenvalue weighted by molar-refractivity contribution is 5.66. The Labute approximate surface area is 138 Å². The van der Waals surface area contributed by atoms with Gasteiger partial charge >= 0.3 is 6.09 Å². The Morgan fingerprint density at radius 2 is 1.87 bits per heavy atom. The molecule has 0 bridgehead atoms. The maximum Gasteiger partial charge on any atom is 0.424 e. The van der Waals surface area contributed by atoms with E-state index in [0.29, 0.717) is 6.54 Å². The molecule has 1 aromatic carbocycles. The zero-order valence-corrected chi connectivity index (χ0v) is 13.7. The molecule has 23 heavy (non-hydrogen) atoms. The quantitative estimate of drug-likeness (QED) is 0.350. The number of hydrazine groups is 1. The normalized spacial score (nSPS) is 21.0. The maximum absolute atomic E-state index is 11.8. The van der Waals surface area contributed by atoms with Gasteiger partial charge in [0.15, 0.2) is 0 Å². The third kappa shape index (κ3) is 6.59. The van der Waals surface area contributed by atoms with Crippen molar-refractivity contribution in [1.82, 2.24) is 5.01 Å². The van der Waals surface area contributed by atoms with E-state index in [1.807, 2.05) is 30.3 Å². The van der Waals surface area contributed by atoms with Crippen LogP contribution in [0.15, 0.2) is 30.3 Å². The molecule has 1 aliphatic carbocycles. The third-order valence-corrected chi connectivity index (χ3v) is 4.52. The molecular weight excluding hydrogens is 292 g/mol. The number of amides is 1. The second-order valence-corrected chi connectivity index (χ2v) is 6.40. The number of unbranched alkanes of at least 4 members (excludes halogenated alkanes) is 1. The number of benzene rings is 1. The van der Waals surface area contributed by atoms with Crippen molar-refractivity contribution in [2.75, 3.05) is 6.54 Å². The van der Waals surface area contributed by atoms with Crippen LogP contribution in [0.2, 0.25) is 0 Å².